The second kappa shape index (κ2) is 3.27. The number of amides is 1. The van der Waals surface area contributed by atoms with E-state index in [-0.39, 0.29) is 11.6 Å². The number of aromatic nitrogens is 2. The van der Waals surface area contributed by atoms with Crippen molar-refractivity contribution >= 4 is 16.9 Å². The zero-order valence-corrected chi connectivity index (χ0v) is 8.52. The summed E-state index contributed by atoms with van der Waals surface area (Å²) in [6.45, 7) is 1.41. The minimum atomic E-state index is -0.311. The van der Waals surface area contributed by atoms with Crippen LogP contribution in [-0.2, 0) is 4.79 Å². The number of H-pyrrole nitrogens is 1. The monoisotopic (exact) mass is 205 g/mol. The van der Waals surface area contributed by atoms with Gasteiger partial charge in [0.15, 0.2) is 0 Å². The molecule has 0 saturated heterocycles. The molecule has 0 aliphatic rings. The molecule has 1 amide bonds. The zero-order valence-electron chi connectivity index (χ0n) is 8.52. The molecule has 0 spiro atoms. The van der Waals surface area contributed by atoms with Gasteiger partial charge in [-0.15, -0.1) is 0 Å². The highest BCUT2D eigenvalue weighted by Crippen LogP contribution is 2.08. The van der Waals surface area contributed by atoms with Gasteiger partial charge in [-0.3, -0.25) is 4.79 Å². The molecule has 0 fully saturated rings. The highest BCUT2D eigenvalue weighted by molar-refractivity contribution is 5.86. The summed E-state index contributed by atoms with van der Waals surface area (Å²) in [6, 6.07) is 7.23. The summed E-state index contributed by atoms with van der Waals surface area (Å²) in [5.74, 6) is -0.193. The van der Waals surface area contributed by atoms with Crippen LogP contribution in [-0.4, -0.2) is 22.6 Å². The van der Waals surface area contributed by atoms with Gasteiger partial charge in [0.2, 0.25) is 5.91 Å². The molecule has 78 valence electrons. The van der Waals surface area contributed by atoms with Gasteiger partial charge < -0.3 is 4.98 Å². The summed E-state index contributed by atoms with van der Waals surface area (Å²) in [5, 5.41) is 1.28. The van der Waals surface area contributed by atoms with E-state index in [1.165, 1.54) is 16.6 Å². The molecule has 0 aliphatic carbocycles. The number of benzene rings is 1. The van der Waals surface area contributed by atoms with Gasteiger partial charge in [0, 0.05) is 14.0 Å². The smallest absolute Gasteiger partial charge is 0.304 e. The quantitative estimate of drug-likeness (QED) is 0.734. The Bertz CT molecular complexity index is 567. The molecule has 2 rings (SSSR count). The molecule has 5 heteroatoms. The Hall–Kier alpha value is -2.04. The highest BCUT2D eigenvalue weighted by Gasteiger charge is 2.12. The predicted octanol–water partition coefficient (Wildman–Crippen LogP) is 0.444. The summed E-state index contributed by atoms with van der Waals surface area (Å²) < 4.78 is 1.32. The summed E-state index contributed by atoms with van der Waals surface area (Å²) in [4.78, 5) is 25.5. The highest BCUT2D eigenvalue weighted by atomic mass is 16.2. The SMILES string of the molecule is CC(=O)N(C)n1c(=O)[nH]c2ccccc21. The minimum absolute atomic E-state index is 0.193. The summed E-state index contributed by atoms with van der Waals surface area (Å²) in [5.41, 5.74) is 1.10. The molecular formula is C10H11N3O2. The first-order chi connectivity index (χ1) is 7.11. The Balaban J connectivity index is 2.74. The second-order valence-corrected chi connectivity index (χ2v) is 3.30. The maximum atomic E-state index is 11.6. The predicted molar refractivity (Wildman–Crippen MR) is 57.4 cm³/mol. The third-order valence-electron chi connectivity index (χ3n) is 2.32. The Labute approximate surface area is 85.9 Å². The number of fused-ring (bicyclic) bond motifs is 1. The van der Waals surface area contributed by atoms with Crippen LogP contribution in [0.15, 0.2) is 29.1 Å². The molecule has 1 N–H and O–H groups in total. The molecule has 0 atom stereocenters. The first-order valence-electron chi connectivity index (χ1n) is 4.55. The zero-order chi connectivity index (χ0) is 11.0. The second-order valence-electron chi connectivity index (χ2n) is 3.30. The van der Waals surface area contributed by atoms with Gasteiger partial charge in [0.1, 0.15) is 0 Å². The van der Waals surface area contributed by atoms with Gasteiger partial charge in [-0.2, -0.15) is 4.68 Å². The molecule has 0 bridgehead atoms. The summed E-state index contributed by atoms with van der Waals surface area (Å²) in [7, 11) is 1.56. The minimum Gasteiger partial charge on any atom is -0.304 e. The van der Waals surface area contributed by atoms with Gasteiger partial charge >= 0.3 is 5.69 Å². The van der Waals surface area contributed by atoms with Gasteiger partial charge in [0.05, 0.1) is 11.0 Å². The normalized spacial score (nSPS) is 10.5. The first-order valence-corrected chi connectivity index (χ1v) is 4.55. The lowest BCUT2D eigenvalue weighted by Gasteiger charge is -2.15. The van der Waals surface area contributed by atoms with E-state index in [1.54, 1.807) is 19.2 Å². The van der Waals surface area contributed by atoms with Crippen molar-refractivity contribution in [1.82, 2.24) is 9.66 Å². The van der Waals surface area contributed by atoms with Crippen molar-refractivity contribution in [2.75, 3.05) is 12.1 Å². The molecule has 0 saturated carbocycles. The van der Waals surface area contributed by atoms with E-state index >= 15 is 0 Å². The third kappa shape index (κ3) is 1.41. The van der Waals surface area contributed by atoms with Crippen LogP contribution in [0.25, 0.3) is 11.0 Å². The summed E-state index contributed by atoms with van der Waals surface area (Å²) in [6.07, 6.45) is 0. The molecule has 1 heterocycles. The topological polar surface area (TPSA) is 58.1 Å². The molecule has 0 aliphatic heterocycles. The van der Waals surface area contributed by atoms with Gasteiger partial charge in [-0.05, 0) is 12.1 Å². The first kappa shape index (κ1) is 9.51. The van der Waals surface area contributed by atoms with Crippen molar-refractivity contribution in [2.24, 2.45) is 0 Å². The van der Waals surface area contributed by atoms with Crippen molar-refractivity contribution in [3.05, 3.63) is 34.7 Å². The van der Waals surface area contributed by atoms with Gasteiger partial charge in [-0.1, -0.05) is 12.1 Å². The van der Waals surface area contributed by atoms with Crippen LogP contribution in [0.2, 0.25) is 0 Å². The van der Waals surface area contributed by atoms with Crippen LogP contribution in [0.1, 0.15) is 6.92 Å². The lowest BCUT2D eigenvalue weighted by Crippen LogP contribution is -2.40. The van der Waals surface area contributed by atoms with Crippen molar-refractivity contribution in [2.45, 2.75) is 6.92 Å². The number of rotatable bonds is 1. The lowest BCUT2D eigenvalue weighted by molar-refractivity contribution is -0.117. The van der Waals surface area contributed by atoms with Crippen LogP contribution < -0.4 is 10.7 Å². The van der Waals surface area contributed by atoms with Gasteiger partial charge in [0.25, 0.3) is 0 Å². The lowest BCUT2D eigenvalue weighted by atomic mass is 10.3. The molecule has 1 aromatic carbocycles. The molecule has 15 heavy (non-hydrogen) atoms. The Morgan fingerprint density at radius 1 is 1.40 bits per heavy atom. The number of hydrogen-bond acceptors (Lipinski definition) is 2. The number of imidazole rings is 1. The molecule has 0 radical (unpaired) electrons. The molecule has 5 nitrogen and oxygen atoms in total. The number of carbonyl (C=O) groups excluding carboxylic acids is 1. The molecular weight excluding hydrogens is 194 g/mol. The number of nitrogens with one attached hydrogen (secondary N) is 1. The number of para-hydroxylation sites is 2. The fourth-order valence-electron chi connectivity index (χ4n) is 1.48. The van der Waals surface area contributed by atoms with Crippen molar-refractivity contribution in [3.8, 4) is 0 Å². The van der Waals surface area contributed by atoms with Crippen molar-refractivity contribution in [1.29, 1.82) is 0 Å². The van der Waals surface area contributed by atoms with Gasteiger partial charge in [-0.25, -0.2) is 9.80 Å². The van der Waals surface area contributed by atoms with E-state index in [4.69, 9.17) is 0 Å². The van der Waals surface area contributed by atoms with Crippen LogP contribution in [0, 0.1) is 0 Å². The van der Waals surface area contributed by atoms with Crippen molar-refractivity contribution in [3.63, 3.8) is 0 Å². The Morgan fingerprint density at radius 2 is 2.07 bits per heavy atom. The average Bonchev–Trinajstić information content (AvgIpc) is 2.52. The van der Waals surface area contributed by atoms with E-state index in [9.17, 15) is 9.59 Å². The number of hydrogen-bond donors (Lipinski definition) is 1. The molecule has 2 aromatic rings. The van der Waals surface area contributed by atoms with E-state index < -0.39 is 0 Å². The average molecular weight is 205 g/mol. The van der Waals surface area contributed by atoms with Crippen LogP contribution >= 0.6 is 0 Å². The number of carbonyl (C=O) groups is 1. The van der Waals surface area contributed by atoms with E-state index in [2.05, 4.69) is 4.98 Å². The van der Waals surface area contributed by atoms with Crippen LogP contribution in [0.3, 0.4) is 0 Å². The van der Waals surface area contributed by atoms with Crippen LogP contribution in [0.5, 0.6) is 0 Å². The number of aromatic amines is 1. The third-order valence-corrected chi connectivity index (χ3v) is 2.32. The summed E-state index contributed by atoms with van der Waals surface area (Å²) >= 11 is 0. The largest absolute Gasteiger partial charge is 0.345 e. The van der Waals surface area contributed by atoms with E-state index in [0.717, 1.165) is 5.52 Å². The standard InChI is InChI=1S/C10H11N3O2/c1-7(14)12(2)13-9-6-4-3-5-8(9)11-10(13)15/h3-6H,1-2H3,(H,11,15). The molecule has 1 aromatic heterocycles. The molecule has 0 unspecified atom stereocenters. The number of nitrogens with zero attached hydrogens (tertiary/aromatic N) is 2. The van der Waals surface area contributed by atoms with Crippen molar-refractivity contribution < 1.29 is 4.79 Å². The maximum absolute atomic E-state index is 11.6. The van der Waals surface area contributed by atoms with E-state index in [0.29, 0.717) is 5.52 Å². The van der Waals surface area contributed by atoms with Crippen LogP contribution in [0.4, 0.5) is 0 Å². The fourth-order valence-corrected chi connectivity index (χ4v) is 1.48. The maximum Gasteiger partial charge on any atom is 0.345 e. The van der Waals surface area contributed by atoms with E-state index in [1.807, 2.05) is 12.1 Å². The fraction of sp³-hybridized carbons (Fsp3) is 0.200. The Kier molecular flexibility index (Phi) is 2.07. The Morgan fingerprint density at radius 3 is 2.73 bits per heavy atom.